The molecule has 0 aliphatic heterocycles. The van der Waals surface area contributed by atoms with Gasteiger partial charge in [0, 0.05) is 5.56 Å². The molecule has 15 heavy (non-hydrogen) atoms. The molecular formula is C10H10F4O. The predicted molar refractivity (Wildman–Crippen MR) is 46.6 cm³/mol. The fourth-order valence-electron chi connectivity index (χ4n) is 1.30. The van der Waals surface area contributed by atoms with Gasteiger partial charge in [-0.2, -0.15) is 4.39 Å². The van der Waals surface area contributed by atoms with Crippen molar-refractivity contribution >= 4 is 0 Å². The highest BCUT2D eigenvalue weighted by Crippen LogP contribution is 2.37. The Bertz CT molecular complexity index is 378. The van der Waals surface area contributed by atoms with E-state index in [-0.39, 0.29) is 0 Å². The summed E-state index contributed by atoms with van der Waals surface area (Å²) in [7, 11) is 0. The number of aromatic hydroxyl groups is 1. The van der Waals surface area contributed by atoms with Crippen LogP contribution in [0.15, 0.2) is 0 Å². The van der Waals surface area contributed by atoms with Crippen LogP contribution < -0.4 is 0 Å². The SMILES string of the molecule is CC(C)(C)c1c(O)c(F)c(F)c(F)c1F. The minimum Gasteiger partial charge on any atom is -0.504 e. The van der Waals surface area contributed by atoms with Crippen LogP contribution in [0.4, 0.5) is 17.6 Å². The van der Waals surface area contributed by atoms with E-state index in [1.54, 1.807) is 0 Å². The lowest BCUT2D eigenvalue weighted by atomic mass is 9.85. The molecule has 0 unspecified atom stereocenters. The van der Waals surface area contributed by atoms with Crippen molar-refractivity contribution in [3.63, 3.8) is 0 Å². The zero-order chi connectivity index (χ0) is 12.0. The van der Waals surface area contributed by atoms with Crippen molar-refractivity contribution < 1.29 is 22.7 Å². The van der Waals surface area contributed by atoms with Gasteiger partial charge in [0.05, 0.1) is 0 Å². The third-order valence-corrected chi connectivity index (χ3v) is 1.99. The van der Waals surface area contributed by atoms with Gasteiger partial charge >= 0.3 is 0 Å². The van der Waals surface area contributed by atoms with Crippen LogP contribution in [0.25, 0.3) is 0 Å². The first-order chi connectivity index (χ1) is 6.68. The normalized spacial score (nSPS) is 11.9. The third kappa shape index (κ3) is 1.78. The molecule has 0 amide bonds. The van der Waals surface area contributed by atoms with Gasteiger partial charge in [-0.25, -0.2) is 13.2 Å². The van der Waals surface area contributed by atoms with Gasteiger partial charge in [-0.1, -0.05) is 20.8 Å². The molecule has 0 aliphatic carbocycles. The fourth-order valence-corrected chi connectivity index (χ4v) is 1.30. The molecule has 1 nitrogen and oxygen atoms in total. The number of phenols is 1. The summed E-state index contributed by atoms with van der Waals surface area (Å²) in [4.78, 5) is 0. The molecular weight excluding hydrogens is 212 g/mol. The lowest BCUT2D eigenvalue weighted by Gasteiger charge is -2.21. The zero-order valence-electron chi connectivity index (χ0n) is 8.46. The van der Waals surface area contributed by atoms with Crippen LogP contribution in [0, 0.1) is 23.3 Å². The summed E-state index contributed by atoms with van der Waals surface area (Å²) in [5, 5.41) is 9.20. The van der Waals surface area contributed by atoms with Crippen LogP contribution in [-0.2, 0) is 5.41 Å². The van der Waals surface area contributed by atoms with E-state index in [1.165, 1.54) is 20.8 Å². The predicted octanol–water partition coefficient (Wildman–Crippen LogP) is 3.25. The maximum atomic E-state index is 13.3. The average molecular weight is 222 g/mol. The molecule has 5 heteroatoms. The van der Waals surface area contributed by atoms with E-state index in [9.17, 15) is 22.7 Å². The molecule has 1 aromatic carbocycles. The number of halogens is 4. The Morgan fingerprint density at radius 3 is 1.60 bits per heavy atom. The van der Waals surface area contributed by atoms with Gasteiger partial charge in [0.25, 0.3) is 0 Å². The van der Waals surface area contributed by atoms with Crippen LogP contribution in [0.1, 0.15) is 26.3 Å². The van der Waals surface area contributed by atoms with Crippen molar-refractivity contribution in [2.24, 2.45) is 0 Å². The van der Waals surface area contributed by atoms with Crippen LogP contribution >= 0.6 is 0 Å². The Morgan fingerprint density at radius 1 is 0.800 bits per heavy atom. The van der Waals surface area contributed by atoms with Crippen molar-refractivity contribution in [3.8, 4) is 5.75 Å². The molecule has 0 atom stereocenters. The van der Waals surface area contributed by atoms with E-state index in [0.29, 0.717) is 0 Å². The monoisotopic (exact) mass is 222 g/mol. The second-order valence-electron chi connectivity index (χ2n) is 4.23. The molecule has 1 N–H and O–H groups in total. The molecule has 0 fully saturated rings. The largest absolute Gasteiger partial charge is 0.504 e. The van der Waals surface area contributed by atoms with E-state index in [1.807, 2.05) is 0 Å². The minimum atomic E-state index is -2.00. The average Bonchev–Trinajstić information content (AvgIpc) is 2.09. The number of benzene rings is 1. The van der Waals surface area contributed by atoms with Crippen LogP contribution in [0.2, 0.25) is 0 Å². The van der Waals surface area contributed by atoms with E-state index < -0.39 is 40.0 Å². The Balaban J connectivity index is 3.68. The van der Waals surface area contributed by atoms with Gasteiger partial charge < -0.3 is 5.11 Å². The number of rotatable bonds is 0. The van der Waals surface area contributed by atoms with Gasteiger partial charge in [-0.05, 0) is 5.41 Å². The van der Waals surface area contributed by atoms with E-state index in [4.69, 9.17) is 0 Å². The van der Waals surface area contributed by atoms with Gasteiger partial charge in [0.2, 0.25) is 11.6 Å². The Morgan fingerprint density at radius 2 is 1.20 bits per heavy atom. The molecule has 0 aliphatic rings. The molecule has 1 aromatic rings. The summed E-state index contributed by atoms with van der Waals surface area (Å²) < 4.78 is 51.7. The minimum absolute atomic E-state index is 0.570. The number of hydrogen-bond acceptors (Lipinski definition) is 1. The van der Waals surface area contributed by atoms with Crippen LogP contribution in [-0.4, -0.2) is 5.11 Å². The highest BCUT2D eigenvalue weighted by molar-refractivity contribution is 5.41. The maximum Gasteiger partial charge on any atom is 0.203 e. The van der Waals surface area contributed by atoms with Gasteiger partial charge in [0.15, 0.2) is 17.4 Å². The summed E-state index contributed by atoms with van der Waals surface area (Å²) in [5.74, 6) is -8.41. The topological polar surface area (TPSA) is 20.2 Å². The van der Waals surface area contributed by atoms with Crippen LogP contribution in [0.3, 0.4) is 0 Å². The summed E-state index contributed by atoms with van der Waals surface area (Å²) >= 11 is 0. The van der Waals surface area contributed by atoms with E-state index in [0.717, 1.165) is 0 Å². The Kier molecular flexibility index (Phi) is 2.67. The van der Waals surface area contributed by atoms with Crippen molar-refractivity contribution in [2.45, 2.75) is 26.2 Å². The first kappa shape index (κ1) is 11.8. The molecule has 0 aromatic heterocycles. The van der Waals surface area contributed by atoms with Crippen molar-refractivity contribution in [1.82, 2.24) is 0 Å². The van der Waals surface area contributed by atoms with Gasteiger partial charge in [-0.15, -0.1) is 0 Å². The van der Waals surface area contributed by atoms with Crippen molar-refractivity contribution in [1.29, 1.82) is 0 Å². The molecule has 0 spiro atoms. The Hall–Kier alpha value is -1.26. The summed E-state index contributed by atoms with van der Waals surface area (Å²) in [6, 6.07) is 0. The molecule has 1 rings (SSSR count). The highest BCUT2D eigenvalue weighted by Gasteiger charge is 2.31. The van der Waals surface area contributed by atoms with Crippen LogP contribution in [0.5, 0.6) is 5.75 Å². The first-order valence-electron chi connectivity index (χ1n) is 4.23. The fraction of sp³-hybridized carbons (Fsp3) is 0.400. The summed E-state index contributed by atoms with van der Waals surface area (Å²) in [6.45, 7) is 4.34. The summed E-state index contributed by atoms with van der Waals surface area (Å²) in [6.07, 6.45) is 0. The lowest BCUT2D eigenvalue weighted by molar-refractivity contribution is 0.342. The van der Waals surface area contributed by atoms with Gasteiger partial charge in [-0.3, -0.25) is 0 Å². The van der Waals surface area contributed by atoms with Crippen molar-refractivity contribution in [2.75, 3.05) is 0 Å². The molecule has 0 saturated carbocycles. The van der Waals surface area contributed by atoms with E-state index in [2.05, 4.69) is 0 Å². The molecule has 0 bridgehead atoms. The quantitative estimate of drug-likeness (QED) is 0.406. The summed E-state index contributed by atoms with van der Waals surface area (Å²) in [5.41, 5.74) is -1.59. The smallest absolute Gasteiger partial charge is 0.203 e. The molecule has 84 valence electrons. The number of phenolic OH excluding ortho intramolecular Hbond substituents is 1. The maximum absolute atomic E-state index is 13.3. The van der Waals surface area contributed by atoms with Crippen molar-refractivity contribution in [3.05, 3.63) is 28.8 Å². The zero-order valence-corrected chi connectivity index (χ0v) is 8.46. The standard InChI is InChI=1S/C10H10F4O/c1-10(2,3)4-5(11)6(12)7(13)8(14)9(4)15/h15H,1-3H3. The number of hydrogen-bond donors (Lipinski definition) is 1. The van der Waals surface area contributed by atoms with Gasteiger partial charge in [0.1, 0.15) is 0 Å². The second kappa shape index (κ2) is 3.40. The second-order valence-corrected chi connectivity index (χ2v) is 4.23. The lowest BCUT2D eigenvalue weighted by Crippen LogP contribution is -2.17. The first-order valence-corrected chi connectivity index (χ1v) is 4.23. The third-order valence-electron chi connectivity index (χ3n) is 1.99. The Labute approximate surface area is 84.3 Å². The highest BCUT2D eigenvalue weighted by atomic mass is 19.2. The molecule has 0 radical (unpaired) electrons. The molecule has 0 saturated heterocycles. The van der Waals surface area contributed by atoms with E-state index >= 15 is 0 Å². The molecule has 0 heterocycles.